The van der Waals surface area contributed by atoms with Crippen LogP contribution in [0.3, 0.4) is 0 Å². The number of thiazole rings is 1. The third-order valence-corrected chi connectivity index (χ3v) is 5.86. The van der Waals surface area contributed by atoms with Crippen molar-refractivity contribution in [2.75, 3.05) is 25.5 Å². The Morgan fingerprint density at radius 2 is 1.96 bits per heavy atom. The number of hydrogen-bond donors (Lipinski definition) is 2. The van der Waals surface area contributed by atoms with E-state index in [1.165, 1.54) is 16.9 Å². The minimum absolute atomic E-state index is 0.00867. The van der Waals surface area contributed by atoms with E-state index in [4.69, 9.17) is 0 Å². The molecular formula is C21H28N4O2S. The van der Waals surface area contributed by atoms with E-state index in [9.17, 15) is 9.59 Å². The second-order valence-corrected chi connectivity index (χ2v) is 9.02. The maximum Gasteiger partial charge on any atom is 0.257 e. The average Bonchev–Trinajstić information content (AvgIpc) is 3.30. The Morgan fingerprint density at radius 1 is 1.25 bits per heavy atom. The number of carbonyl (C=O) groups is 2. The van der Waals surface area contributed by atoms with Crippen LogP contribution in [0.5, 0.6) is 0 Å². The third kappa shape index (κ3) is 4.77. The zero-order valence-electron chi connectivity index (χ0n) is 16.9. The van der Waals surface area contributed by atoms with Crippen molar-refractivity contribution < 1.29 is 9.59 Å². The molecule has 2 heterocycles. The Kier molecular flexibility index (Phi) is 6.15. The smallest absolute Gasteiger partial charge is 0.257 e. The summed E-state index contributed by atoms with van der Waals surface area (Å²) in [6.45, 7) is 7.71. The Balaban J connectivity index is 1.65. The standard InChI is InChI=1S/C21H28N4O2S/c1-21(2,3)15-9-7-14(8-10-15)19(27)24-20-23-16(13-28-20)17-6-5-11-25(17)12-18(26)22-4/h7-10,13,17H,5-6,11-12H2,1-4H3,(H,22,26)(H,23,24,27)/t17-/m0/s1. The fourth-order valence-corrected chi connectivity index (χ4v) is 4.15. The Morgan fingerprint density at radius 3 is 2.61 bits per heavy atom. The molecule has 0 radical (unpaired) electrons. The van der Waals surface area contributed by atoms with Crippen molar-refractivity contribution in [3.8, 4) is 0 Å². The van der Waals surface area contributed by atoms with Gasteiger partial charge in [0.15, 0.2) is 5.13 Å². The van der Waals surface area contributed by atoms with E-state index in [-0.39, 0.29) is 23.3 Å². The number of likely N-dealkylation sites (N-methyl/N-ethyl adjacent to an activating group) is 1. The highest BCUT2D eigenvalue weighted by atomic mass is 32.1. The second-order valence-electron chi connectivity index (χ2n) is 8.16. The maximum atomic E-state index is 12.5. The van der Waals surface area contributed by atoms with Crippen LogP contribution in [0.4, 0.5) is 5.13 Å². The topological polar surface area (TPSA) is 74.3 Å². The first kappa shape index (κ1) is 20.5. The zero-order valence-corrected chi connectivity index (χ0v) is 17.7. The summed E-state index contributed by atoms with van der Waals surface area (Å²) in [6, 6.07) is 7.83. The average molecular weight is 401 g/mol. The third-order valence-electron chi connectivity index (χ3n) is 5.09. The van der Waals surface area contributed by atoms with E-state index >= 15 is 0 Å². The molecule has 1 aliphatic rings. The van der Waals surface area contributed by atoms with Crippen LogP contribution in [0, 0.1) is 0 Å². The van der Waals surface area contributed by atoms with E-state index in [1.54, 1.807) is 7.05 Å². The van der Waals surface area contributed by atoms with E-state index < -0.39 is 0 Å². The van der Waals surface area contributed by atoms with Crippen molar-refractivity contribution in [2.24, 2.45) is 0 Å². The van der Waals surface area contributed by atoms with Gasteiger partial charge in [-0.2, -0.15) is 0 Å². The highest BCUT2D eigenvalue weighted by Gasteiger charge is 2.29. The Bertz CT molecular complexity index is 839. The fourth-order valence-electron chi connectivity index (χ4n) is 3.40. The molecule has 150 valence electrons. The first-order chi connectivity index (χ1) is 13.3. The Hall–Kier alpha value is -2.25. The zero-order chi connectivity index (χ0) is 20.3. The van der Waals surface area contributed by atoms with Gasteiger partial charge in [-0.15, -0.1) is 11.3 Å². The first-order valence-electron chi connectivity index (χ1n) is 9.60. The molecule has 0 saturated carbocycles. The summed E-state index contributed by atoms with van der Waals surface area (Å²) in [5.74, 6) is -0.149. The molecule has 6 nitrogen and oxygen atoms in total. The van der Waals surface area contributed by atoms with Crippen molar-refractivity contribution in [3.05, 3.63) is 46.5 Å². The maximum absolute atomic E-state index is 12.5. The molecule has 0 spiro atoms. The molecule has 3 rings (SSSR count). The molecule has 2 amide bonds. The van der Waals surface area contributed by atoms with Crippen LogP contribution in [0.15, 0.2) is 29.6 Å². The largest absolute Gasteiger partial charge is 0.358 e. The summed E-state index contributed by atoms with van der Waals surface area (Å²) in [4.78, 5) is 31.0. The van der Waals surface area contributed by atoms with Crippen LogP contribution in [0.1, 0.15) is 61.3 Å². The molecule has 2 aromatic rings. The van der Waals surface area contributed by atoms with Gasteiger partial charge in [0.1, 0.15) is 0 Å². The summed E-state index contributed by atoms with van der Waals surface area (Å²) in [7, 11) is 1.65. The van der Waals surface area contributed by atoms with Gasteiger partial charge in [0.05, 0.1) is 18.3 Å². The van der Waals surface area contributed by atoms with Crippen molar-refractivity contribution >= 4 is 28.3 Å². The summed E-state index contributed by atoms with van der Waals surface area (Å²) in [5.41, 5.74) is 2.79. The van der Waals surface area contributed by atoms with Gasteiger partial charge < -0.3 is 5.32 Å². The number of aromatic nitrogens is 1. The number of likely N-dealkylation sites (tertiary alicyclic amines) is 1. The van der Waals surface area contributed by atoms with E-state index in [0.717, 1.165) is 25.1 Å². The first-order valence-corrected chi connectivity index (χ1v) is 10.5. The van der Waals surface area contributed by atoms with Gasteiger partial charge in [0, 0.05) is 18.0 Å². The van der Waals surface area contributed by atoms with Crippen molar-refractivity contribution in [3.63, 3.8) is 0 Å². The lowest BCUT2D eigenvalue weighted by molar-refractivity contribution is -0.122. The van der Waals surface area contributed by atoms with Gasteiger partial charge in [-0.3, -0.25) is 19.8 Å². The highest BCUT2D eigenvalue weighted by Crippen LogP contribution is 2.33. The summed E-state index contributed by atoms with van der Waals surface area (Å²) < 4.78 is 0. The van der Waals surface area contributed by atoms with Crippen molar-refractivity contribution in [1.29, 1.82) is 0 Å². The molecule has 7 heteroatoms. The van der Waals surface area contributed by atoms with Gasteiger partial charge in [-0.1, -0.05) is 32.9 Å². The predicted octanol–water partition coefficient (Wildman–Crippen LogP) is 3.58. The van der Waals surface area contributed by atoms with Gasteiger partial charge in [-0.25, -0.2) is 4.98 Å². The minimum atomic E-state index is -0.157. The van der Waals surface area contributed by atoms with Crippen LogP contribution in [-0.2, 0) is 10.2 Å². The SMILES string of the molecule is CNC(=O)CN1CCC[C@H]1c1csc(NC(=O)c2ccc(C(C)(C)C)cc2)n1. The molecule has 2 N–H and O–H groups in total. The quantitative estimate of drug-likeness (QED) is 0.805. The molecular weight excluding hydrogens is 372 g/mol. The minimum Gasteiger partial charge on any atom is -0.358 e. The molecule has 28 heavy (non-hydrogen) atoms. The van der Waals surface area contributed by atoms with Crippen LogP contribution in [-0.4, -0.2) is 41.8 Å². The van der Waals surface area contributed by atoms with Crippen molar-refractivity contribution in [1.82, 2.24) is 15.2 Å². The summed E-state index contributed by atoms with van der Waals surface area (Å²) in [6.07, 6.45) is 2.02. The van der Waals surface area contributed by atoms with Crippen molar-refractivity contribution in [2.45, 2.75) is 45.1 Å². The highest BCUT2D eigenvalue weighted by molar-refractivity contribution is 7.14. The van der Waals surface area contributed by atoms with Crippen LogP contribution < -0.4 is 10.6 Å². The number of benzene rings is 1. The lowest BCUT2D eigenvalue weighted by atomic mass is 9.87. The molecule has 0 unspecified atom stereocenters. The monoisotopic (exact) mass is 400 g/mol. The number of hydrogen-bond acceptors (Lipinski definition) is 5. The van der Waals surface area contributed by atoms with E-state index in [0.29, 0.717) is 17.2 Å². The fraction of sp³-hybridized carbons (Fsp3) is 0.476. The number of amides is 2. The number of nitrogens with zero attached hydrogens (tertiary/aromatic N) is 2. The van der Waals surface area contributed by atoms with Crippen LogP contribution in [0.25, 0.3) is 0 Å². The molecule has 1 saturated heterocycles. The second kappa shape index (κ2) is 8.41. The van der Waals surface area contributed by atoms with Gasteiger partial charge >= 0.3 is 0 Å². The summed E-state index contributed by atoms with van der Waals surface area (Å²) in [5, 5.41) is 8.14. The normalized spacial score (nSPS) is 17.5. The van der Waals surface area contributed by atoms with Gasteiger partial charge in [-0.05, 0) is 42.5 Å². The number of rotatable bonds is 5. The molecule has 1 aliphatic heterocycles. The summed E-state index contributed by atoms with van der Waals surface area (Å²) >= 11 is 1.42. The van der Waals surface area contributed by atoms with Gasteiger partial charge in [0.2, 0.25) is 5.91 Å². The van der Waals surface area contributed by atoms with Crippen LogP contribution >= 0.6 is 11.3 Å². The predicted molar refractivity (Wildman–Crippen MR) is 113 cm³/mol. The number of carbonyl (C=O) groups excluding carboxylic acids is 2. The number of nitrogens with one attached hydrogen (secondary N) is 2. The molecule has 1 aromatic heterocycles. The van der Waals surface area contributed by atoms with E-state index in [2.05, 4.69) is 41.3 Å². The molecule has 1 atom stereocenters. The number of anilines is 1. The molecule has 0 bridgehead atoms. The lowest BCUT2D eigenvalue weighted by Gasteiger charge is -2.21. The molecule has 1 aromatic carbocycles. The van der Waals surface area contributed by atoms with Gasteiger partial charge in [0.25, 0.3) is 5.91 Å². The lowest BCUT2D eigenvalue weighted by Crippen LogP contribution is -2.35. The molecule has 0 aliphatic carbocycles. The molecule has 1 fully saturated rings. The van der Waals surface area contributed by atoms with Crippen LogP contribution in [0.2, 0.25) is 0 Å². The Labute approximate surface area is 170 Å². The van der Waals surface area contributed by atoms with E-state index in [1.807, 2.05) is 29.6 Å².